The molecule has 0 aromatic carbocycles. The summed E-state index contributed by atoms with van der Waals surface area (Å²) in [7, 11) is 4.11. The molecular weight excluding hydrogens is 234 g/mol. The maximum atomic E-state index is 5.69. The van der Waals surface area contributed by atoms with Gasteiger partial charge in [-0.2, -0.15) is 5.10 Å². The second-order valence-electron chi connectivity index (χ2n) is 4.23. The first-order valence-electron chi connectivity index (χ1n) is 5.47. The maximum absolute atomic E-state index is 5.69. The summed E-state index contributed by atoms with van der Waals surface area (Å²) in [5, 5.41) is 5.13. The molecule has 2 N–H and O–H groups in total. The molecule has 5 nitrogen and oxygen atoms in total. The summed E-state index contributed by atoms with van der Waals surface area (Å²) in [6.07, 6.45) is 1.99. The number of nitrogen functional groups attached to an aromatic ring is 1. The molecule has 2 aromatic heterocycles. The summed E-state index contributed by atoms with van der Waals surface area (Å²) in [4.78, 5) is 7.41. The Morgan fingerprint density at radius 2 is 2.24 bits per heavy atom. The molecule has 0 unspecified atom stereocenters. The van der Waals surface area contributed by atoms with Gasteiger partial charge in [-0.3, -0.25) is 4.68 Å². The van der Waals surface area contributed by atoms with Crippen LogP contribution in [0.2, 0.25) is 0 Å². The molecule has 0 radical (unpaired) electrons. The Labute approximate surface area is 105 Å². The first kappa shape index (κ1) is 12.1. The fraction of sp³-hybridized carbons (Fsp3) is 0.455. The molecule has 0 bridgehead atoms. The molecule has 0 aliphatic heterocycles. The van der Waals surface area contributed by atoms with E-state index in [-0.39, 0.29) is 0 Å². The van der Waals surface area contributed by atoms with Gasteiger partial charge in [-0.1, -0.05) is 11.3 Å². The lowest BCUT2D eigenvalue weighted by atomic mass is 10.3. The SMILES string of the molecule is Cc1nc(N)sc1-c1ccn(CCN(C)C)n1. The molecule has 0 aliphatic rings. The van der Waals surface area contributed by atoms with Crippen LogP contribution >= 0.6 is 11.3 Å². The number of nitrogens with two attached hydrogens (primary N) is 1. The lowest BCUT2D eigenvalue weighted by molar-refractivity contribution is 0.373. The average molecular weight is 251 g/mol. The molecule has 0 fully saturated rings. The smallest absolute Gasteiger partial charge is 0.180 e. The van der Waals surface area contributed by atoms with E-state index >= 15 is 0 Å². The quantitative estimate of drug-likeness (QED) is 0.893. The van der Waals surface area contributed by atoms with Crippen LogP contribution in [0.15, 0.2) is 12.3 Å². The third-order valence-electron chi connectivity index (χ3n) is 2.46. The molecule has 17 heavy (non-hydrogen) atoms. The van der Waals surface area contributed by atoms with Gasteiger partial charge < -0.3 is 10.6 Å². The van der Waals surface area contributed by atoms with E-state index in [9.17, 15) is 0 Å². The molecular formula is C11H17N5S. The molecule has 0 saturated heterocycles. The Balaban J connectivity index is 2.15. The van der Waals surface area contributed by atoms with E-state index in [0.29, 0.717) is 5.13 Å². The fourth-order valence-electron chi connectivity index (χ4n) is 1.56. The van der Waals surface area contributed by atoms with E-state index in [4.69, 9.17) is 5.73 Å². The van der Waals surface area contributed by atoms with Crippen LogP contribution in [0.5, 0.6) is 0 Å². The van der Waals surface area contributed by atoms with Gasteiger partial charge in [0.15, 0.2) is 5.13 Å². The maximum Gasteiger partial charge on any atom is 0.180 e. The predicted octanol–water partition coefficient (Wildman–Crippen LogP) is 1.46. The van der Waals surface area contributed by atoms with Gasteiger partial charge >= 0.3 is 0 Å². The topological polar surface area (TPSA) is 60.0 Å². The van der Waals surface area contributed by atoms with Gasteiger partial charge in [0.05, 0.1) is 17.1 Å². The third-order valence-corrected chi connectivity index (χ3v) is 3.47. The number of hydrogen-bond acceptors (Lipinski definition) is 5. The highest BCUT2D eigenvalue weighted by Crippen LogP contribution is 2.29. The van der Waals surface area contributed by atoms with Gasteiger partial charge in [0.25, 0.3) is 0 Å². The Bertz CT molecular complexity index is 500. The van der Waals surface area contributed by atoms with Gasteiger partial charge in [0, 0.05) is 12.7 Å². The minimum Gasteiger partial charge on any atom is -0.375 e. The molecule has 0 amide bonds. The summed E-state index contributed by atoms with van der Waals surface area (Å²) in [6, 6.07) is 2.01. The van der Waals surface area contributed by atoms with Gasteiger partial charge in [0.2, 0.25) is 0 Å². The molecule has 2 rings (SSSR count). The van der Waals surface area contributed by atoms with Crippen molar-refractivity contribution in [3.63, 3.8) is 0 Å². The summed E-state index contributed by atoms with van der Waals surface area (Å²) in [5.74, 6) is 0. The van der Waals surface area contributed by atoms with Crippen molar-refractivity contribution in [1.82, 2.24) is 19.7 Å². The lowest BCUT2D eigenvalue weighted by Gasteiger charge is -2.08. The van der Waals surface area contributed by atoms with Crippen molar-refractivity contribution in [2.45, 2.75) is 13.5 Å². The van der Waals surface area contributed by atoms with E-state index in [2.05, 4.69) is 29.1 Å². The summed E-state index contributed by atoms with van der Waals surface area (Å²) < 4.78 is 1.95. The second kappa shape index (κ2) is 4.85. The number of likely N-dealkylation sites (N-methyl/N-ethyl adjacent to an activating group) is 1. The van der Waals surface area contributed by atoms with Crippen molar-refractivity contribution in [1.29, 1.82) is 0 Å². The molecule has 0 spiro atoms. The third kappa shape index (κ3) is 2.83. The van der Waals surface area contributed by atoms with E-state index in [0.717, 1.165) is 29.4 Å². The minimum atomic E-state index is 0.598. The van der Waals surface area contributed by atoms with Crippen LogP contribution in [0.4, 0.5) is 5.13 Å². The first-order chi connectivity index (χ1) is 8.06. The first-order valence-corrected chi connectivity index (χ1v) is 6.29. The van der Waals surface area contributed by atoms with Crippen LogP contribution in [-0.4, -0.2) is 40.3 Å². The van der Waals surface area contributed by atoms with Crippen molar-refractivity contribution >= 4 is 16.5 Å². The van der Waals surface area contributed by atoms with Gasteiger partial charge in [-0.05, 0) is 27.1 Å². The van der Waals surface area contributed by atoms with Crippen LogP contribution in [0, 0.1) is 6.92 Å². The molecule has 6 heteroatoms. The van der Waals surface area contributed by atoms with Gasteiger partial charge in [-0.25, -0.2) is 4.98 Å². The molecule has 92 valence electrons. The zero-order valence-corrected chi connectivity index (χ0v) is 11.2. The van der Waals surface area contributed by atoms with Crippen molar-refractivity contribution < 1.29 is 0 Å². The Morgan fingerprint density at radius 3 is 2.82 bits per heavy atom. The van der Waals surface area contributed by atoms with Crippen molar-refractivity contribution in [2.75, 3.05) is 26.4 Å². The number of rotatable bonds is 4. The average Bonchev–Trinajstić information content (AvgIpc) is 2.82. The predicted molar refractivity (Wildman–Crippen MR) is 71.0 cm³/mol. The van der Waals surface area contributed by atoms with Crippen molar-refractivity contribution in [2.24, 2.45) is 0 Å². The zero-order valence-electron chi connectivity index (χ0n) is 10.3. The van der Waals surface area contributed by atoms with Crippen molar-refractivity contribution in [3.8, 4) is 10.6 Å². The van der Waals surface area contributed by atoms with E-state index < -0.39 is 0 Å². The standard InChI is InChI=1S/C11H17N5S/c1-8-10(17-11(12)13-8)9-4-5-16(14-9)7-6-15(2)3/h4-5H,6-7H2,1-3H3,(H2,12,13). The number of thiazole rings is 1. The molecule has 2 heterocycles. The highest BCUT2D eigenvalue weighted by molar-refractivity contribution is 7.18. The van der Waals surface area contributed by atoms with Crippen LogP contribution in [0.25, 0.3) is 10.6 Å². The van der Waals surface area contributed by atoms with E-state index in [1.54, 1.807) is 0 Å². The highest BCUT2D eigenvalue weighted by atomic mass is 32.1. The summed E-state index contributed by atoms with van der Waals surface area (Å²) in [5.41, 5.74) is 7.59. The number of hydrogen-bond donors (Lipinski definition) is 1. The van der Waals surface area contributed by atoms with Crippen LogP contribution < -0.4 is 5.73 Å². The molecule has 0 atom stereocenters. The summed E-state index contributed by atoms with van der Waals surface area (Å²) >= 11 is 1.49. The molecule has 0 aliphatic carbocycles. The molecule has 0 saturated carbocycles. The normalized spacial score (nSPS) is 11.3. The summed E-state index contributed by atoms with van der Waals surface area (Å²) in [6.45, 7) is 3.83. The van der Waals surface area contributed by atoms with Crippen LogP contribution in [-0.2, 0) is 6.54 Å². The lowest BCUT2D eigenvalue weighted by Crippen LogP contribution is -2.18. The number of aromatic nitrogens is 3. The van der Waals surface area contributed by atoms with Crippen molar-refractivity contribution in [3.05, 3.63) is 18.0 Å². The minimum absolute atomic E-state index is 0.598. The number of nitrogens with zero attached hydrogens (tertiary/aromatic N) is 4. The zero-order chi connectivity index (χ0) is 12.4. The largest absolute Gasteiger partial charge is 0.375 e. The van der Waals surface area contributed by atoms with Crippen LogP contribution in [0.3, 0.4) is 0 Å². The highest BCUT2D eigenvalue weighted by Gasteiger charge is 2.10. The Hall–Kier alpha value is -1.40. The molecule has 2 aromatic rings. The fourth-order valence-corrected chi connectivity index (χ4v) is 2.36. The van der Waals surface area contributed by atoms with Gasteiger partial charge in [-0.15, -0.1) is 0 Å². The number of aryl methyl sites for hydroxylation is 1. The number of anilines is 1. The second-order valence-corrected chi connectivity index (χ2v) is 5.26. The van der Waals surface area contributed by atoms with E-state index in [1.165, 1.54) is 11.3 Å². The van der Waals surface area contributed by atoms with E-state index in [1.807, 2.05) is 23.9 Å². The Morgan fingerprint density at radius 1 is 1.47 bits per heavy atom. The van der Waals surface area contributed by atoms with Gasteiger partial charge in [0.1, 0.15) is 5.69 Å². The monoisotopic (exact) mass is 251 g/mol. The Kier molecular flexibility index (Phi) is 3.44. The van der Waals surface area contributed by atoms with Crippen LogP contribution in [0.1, 0.15) is 5.69 Å².